The first-order valence-corrected chi connectivity index (χ1v) is 13.3. The summed E-state index contributed by atoms with van der Waals surface area (Å²) in [6.45, 7) is 6.18. The summed E-state index contributed by atoms with van der Waals surface area (Å²) in [5.41, 5.74) is 4.24. The van der Waals surface area contributed by atoms with Crippen LogP contribution in [0, 0.1) is 6.92 Å². The van der Waals surface area contributed by atoms with Gasteiger partial charge in [-0.1, -0.05) is 75.0 Å². The molecule has 1 saturated carbocycles. The summed E-state index contributed by atoms with van der Waals surface area (Å²) in [6, 6.07) is 23.1. The fraction of sp³-hybridized carbons (Fsp3) is 0.355. The van der Waals surface area contributed by atoms with E-state index in [1.165, 1.54) is 12.0 Å². The second-order valence-electron chi connectivity index (χ2n) is 9.98. The molecule has 0 saturated heterocycles. The summed E-state index contributed by atoms with van der Waals surface area (Å²) in [5.74, 6) is 0.130. The minimum Gasteiger partial charge on any atom is -0.308 e. The van der Waals surface area contributed by atoms with Crippen LogP contribution < -0.4 is 9.80 Å². The van der Waals surface area contributed by atoms with E-state index in [4.69, 9.17) is 11.6 Å². The van der Waals surface area contributed by atoms with Gasteiger partial charge >= 0.3 is 0 Å². The molecule has 188 valence electrons. The van der Waals surface area contributed by atoms with E-state index in [1.54, 1.807) is 4.90 Å². The van der Waals surface area contributed by atoms with Crippen molar-refractivity contribution in [3.05, 3.63) is 94.5 Å². The predicted molar refractivity (Wildman–Crippen MR) is 149 cm³/mol. The number of aryl methyl sites for hydroxylation is 1. The number of hydrogen-bond donors (Lipinski definition) is 0. The molecule has 0 unspecified atom stereocenters. The molecule has 0 radical (unpaired) electrons. The maximum atomic E-state index is 14.0. The lowest BCUT2D eigenvalue weighted by Crippen LogP contribution is -2.48. The summed E-state index contributed by atoms with van der Waals surface area (Å²) in [5, 5.41) is 0.636. The average molecular weight is 503 g/mol. The van der Waals surface area contributed by atoms with Crippen LogP contribution in [0.3, 0.4) is 0 Å². The van der Waals surface area contributed by atoms with E-state index in [0.29, 0.717) is 16.5 Å². The fourth-order valence-electron chi connectivity index (χ4n) is 4.99. The Morgan fingerprint density at radius 2 is 1.47 bits per heavy atom. The van der Waals surface area contributed by atoms with Crippen LogP contribution in [0.5, 0.6) is 0 Å². The van der Waals surface area contributed by atoms with Gasteiger partial charge in [-0.25, -0.2) is 0 Å². The normalized spacial score (nSPS) is 14.0. The van der Waals surface area contributed by atoms with Gasteiger partial charge < -0.3 is 4.90 Å². The summed E-state index contributed by atoms with van der Waals surface area (Å²) in [4.78, 5) is 31.4. The van der Waals surface area contributed by atoms with Gasteiger partial charge in [0, 0.05) is 28.0 Å². The van der Waals surface area contributed by atoms with Crippen LogP contribution in [0.2, 0.25) is 5.02 Å². The zero-order valence-corrected chi connectivity index (χ0v) is 22.2. The fourth-order valence-corrected chi connectivity index (χ4v) is 5.11. The minimum atomic E-state index is -0.168. The van der Waals surface area contributed by atoms with Gasteiger partial charge in [-0.3, -0.25) is 14.5 Å². The molecule has 5 heteroatoms. The molecular weight excluding hydrogens is 468 g/mol. The third-order valence-corrected chi connectivity index (χ3v) is 7.35. The molecule has 0 atom stereocenters. The Balaban J connectivity index is 1.70. The zero-order valence-electron chi connectivity index (χ0n) is 21.4. The van der Waals surface area contributed by atoms with Crippen molar-refractivity contribution in [1.29, 1.82) is 0 Å². The molecule has 0 spiro atoms. The van der Waals surface area contributed by atoms with Crippen molar-refractivity contribution >= 4 is 34.8 Å². The highest BCUT2D eigenvalue weighted by molar-refractivity contribution is 6.30. The molecule has 4 rings (SSSR count). The Kier molecular flexibility index (Phi) is 8.48. The van der Waals surface area contributed by atoms with Crippen molar-refractivity contribution in [3.8, 4) is 0 Å². The zero-order chi connectivity index (χ0) is 25.7. The van der Waals surface area contributed by atoms with Gasteiger partial charge in [-0.15, -0.1) is 0 Å². The molecule has 36 heavy (non-hydrogen) atoms. The van der Waals surface area contributed by atoms with Gasteiger partial charge in [0.2, 0.25) is 5.91 Å². The lowest BCUT2D eigenvalue weighted by Gasteiger charge is -2.36. The Labute approximate surface area is 219 Å². The number of amides is 2. The van der Waals surface area contributed by atoms with E-state index in [1.807, 2.05) is 84.6 Å². The van der Waals surface area contributed by atoms with Gasteiger partial charge in [-0.2, -0.15) is 0 Å². The number of halogens is 1. The predicted octanol–water partition coefficient (Wildman–Crippen LogP) is 7.78. The van der Waals surface area contributed by atoms with Crippen LogP contribution >= 0.6 is 11.6 Å². The van der Waals surface area contributed by atoms with Crippen LogP contribution in [0.4, 0.5) is 11.4 Å². The van der Waals surface area contributed by atoms with Crippen molar-refractivity contribution in [2.75, 3.05) is 16.3 Å². The number of benzene rings is 3. The molecular formula is C31H35ClN2O2. The molecule has 0 aromatic heterocycles. The number of rotatable bonds is 7. The summed E-state index contributed by atoms with van der Waals surface area (Å²) in [6.07, 6.45) is 5.32. The largest absolute Gasteiger partial charge is 0.308 e. The monoisotopic (exact) mass is 502 g/mol. The van der Waals surface area contributed by atoms with Gasteiger partial charge in [0.05, 0.1) is 0 Å². The molecule has 0 bridgehead atoms. The number of carbonyl (C=O) groups excluding carboxylic acids is 2. The smallest absolute Gasteiger partial charge is 0.259 e. The first kappa shape index (κ1) is 26.0. The maximum Gasteiger partial charge on any atom is 0.259 e. The highest BCUT2D eigenvalue weighted by Gasteiger charge is 2.30. The van der Waals surface area contributed by atoms with Crippen molar-refractivity contribution < 1.29 is 9.59 Å². The van der Waals surface area contributed by atoms with Gasteiger partial charge in [0.15, 0.2) is 0 Å². The van der Waals surface area contributed by atoms with E-state index >= 15 is 0 Å². The Bertz CT molecular complexity index is 1180. The van der Waals surface area contributed by atoms with Crippen molar-refractivity contribution in [1.82, 2.24) is 0 Å². The highest BCUT2D eigenvalue weighted by Crippen LogP contribution is 2.30. The van der Waals surface area contributed by atoms with E-state index in [-0.39, 0.29) is 24.4 Å². The Morgan fingerprint density at radius 3 is 2.08 bits per heavy atom. The third-order valence-electron chi connectivity index (χ3n) is 7.10. The van der Waals surface area contributed by atoms with Crippen LogP contribution in [0.15, 0.2) is 72.8 Å². The van der Waals surface area contributed by atoms with Crippen LogP contribution in [0.25, 0.3) is 0 Å². The van der Waals surface area contributed by atoms with E-state index in [9.17, 15) is 9.59 Å². The third kappa shape index (κ3) is 5.99. The highest BCUT2D eigenvalue weighted by atomic mass is 35.5. The first-order valence-electron chi connectivity index (χ1n) is 12.9. The molecule has 3 aromatic rings. The standard InChI is InChI=1S/C31H35ClN2O2/c1-22(2)24-13-17-26(18-14-24)33(31(36)29-12-8-7-9-23(29)3)21-30(35)34(27-10-5-4-6-11-27)28-19-15-25(32)16-20-28/h7-9,12-20,22,27H,4-6,10-11,21H2,1-3H3. The van der Waals surface area contributed by atoms with E-state index in [0.717, 1.165) is 42.6 Å². The topological polar surface area (TPSA) is 40.6 Å². The second-order valence-corrected chi connectivity index (χ2v) is 10.4. The first-order chi connectivity index (χ1) is 17.3. The number of hydrogen-bond acceptors (Lipinski definition) is 2. The Hall–Kier alpha value is -3.11. The van der Waals surface area contributed by atoms with Gasteiger partial charge in [-0.05, 0) is 79.3 Å². The summed E-state index contributed by atoms with van der Waals surface area (Å²) >= 11 is 6.15. The molecule has 1 fully saturated rings. The van der Waals surface area contributed by atoms with Crippen molar-refractivity contribution in [3.63, 3.8) is 0 Å². The molecule has 3 aromatic carbocycles. The van der Waals surface area contributed by atoms with E-state index in [2.05, 4.69) is 13.8 Å². The minimum absolute atomic E-state index is 0.0344. The summed E-state index contributed by atoms with van der Waals surface area (Å²) < 4.78 is 0. The SMILES string of the molecule is Cc1ccccc1C(=O)N(CC(=O)N(c1ccc(Cl)cc1)C1CCCCC1)c1ccc(C(C)C)cc1. The van der Waals surface area contributed by atoms with Crippen LogP contribution in [-0.4, -0.2) is 24.4 Å². The van der Waals surface area contributed by atoms with Crippen LogP contribution in [0.1, 0.15) is 73.4 Å². The number of carbonyl (C=O) groups is 2. The number of anilines is 2. The number of nitrogens with zero attached hydrogens (tertiary/aromatic N) is 2. The maximum absolute atomic E-state index is 14.0. The van der Waals surface area contributed by atoms with Gasteiger partial charge in [0.25, 0.3) is 5.91 Å². The molecule has 2 amide bonds. The lowest BCUT2D eigenvalue weighted by molar-refractivity contribution is -0.117. The average Bonchev–Trinajstić information content (AvgIpc) is 2.89. The molecule has 0 heterocycles. The van der Waals surface area contributed by atoms with Crippen molar-refractivity contribution in [2.45, 2.75) is 64.8 Å². The lowest BCUT2D eigenvalue weighted by atomic mass is 9.93. The van der Waals surface area contributed by atoms with Crippen LogP contribution in [-0.2, 0) is 4.79 Å². The quantitative estimate of drug-likeness (QED) is 0.331. The summed E-state index contributed by atoms with van der Waals surface area (Å²) in [7, 11) is 0. The molecule has 0 N–H and O–H groups in total. The molecule has 1 aliphatic carbocycles. The van der Waals surface area contributed by atoms with E-state index < -0.39 is 0 Å². The molecule has 0 aliphatic heterocycles. The molecule has 4 nitrogen and oxygen atoms in total. The second kappa shape index (κ2) is 11.7. The van der Waals surface area contributed by atoms with Crippen molar-refractivity contribution in [2.24, 2.45) is 0 Å². The Morgan fingerprint density at radius 1 is 0.861 bits per heavy atom. The van der Waals surface area contributed by atoms with Gasteiger partial charge in [0.1, 0.15) is 6.54 Å². The molecule has 1 aliphatic rings.